The van der Waals surface area contributed by atoms with Gasteiger partial charge in [-0.15, -0.1) is 0 Å². The minimum Gasteiger partial charge on any atom is -0.383 e. The molecule has 1 fully saturated rings. The molecule has 1 aliphatic rings. The van der Waals surface area contributed by atoms with Gasteiger partial charge in [-0.3, -0.25) is 9.69 Å². The second-order valence-corrected chi connectivity index (χ2v) is 5.03. The summed E-state index contributed by atoms with van der Waals surface area (Å²) >= 11 is 0. The average Bonchev–Trinajstić information content (AvgIpc) is 2.41. The van der Waals surface area contributed by atoms with Crippen LogP contribution >= 0.6 is 0 Å². The standard InChI is InChI=1S/C14H28N2O2/c1-3-4-5-6-7-14(17)16-10-8-15(9-11-16)12-13-18-2/h3-13H2,1-2H3. The summed E-state index contributed by atoms with van der Waals surface area (Å²) in [6.45, 7) is 7.71. The molecule has 1 rings (SSSR count). The van der Waals surface area contributed by atoms with Gasteiger partial charge in [-0.25, -0.2) is 0 Å². The van der Waals surface area contributed by atoms with E-state index in [0.29, 0.717) is 5.91 Å². The molecule has 1 aliphatic heterocycles. The fraction of sp³-hybridized carbons (Fsp3) is 0.929. The highest BCUT2D eigenvalue weighted by Gasteiger charge is 2.19. The first-order chi connectivity index (χ1) is 8.77. The van der Waals surface area contributed by atoms with Gasteiger partial charge >= 0.3 is 0 Å². The molecule has 1 amide bonds. The molecule has 0 N–H and O–H groups in total. The van der Waals surface area contributed by atoms with Gasteiger partial charge in [0.15, 0.2) is 0 Å². The van der Waals surface area contributed by atoms with E-state index in [4.69, 9.17) is 4.74 Å². The van der Waals surface area contributed by atoms with Crippen LogP contribution in [0, 0.1) is 0 Å². The van der Waals surface area contributed by atoms with Crippen molar-refractivity contribution in [3.8, 4) is 0 Å². The monoisotopic (exact) mass is 256 g/mol. The van der Waals surface area contributed by atoms with E-state index in [9.17, 15) is 4.79 Å². The smallest absolute Gasteiger partial charge is 0.222 e. The normalized spacial score (nSPS) is 17.1. The van der Waals surface area contributed by atoms with Crippen LogP contribution in [-0.4, -0.2) is 62.1 Å². The van der Waals surface area contributed by atoms with E-state index >= 15 is 0 Å². The van der Waals surface area contributed by atoms with Gasteiger partial charge in [0.05, 0.1) is 6.61 Å². The molecule has 18 heavy (non-hydrogen) atoms. The molecule has 0 saturated carbocycles. The van der Waals surface area contributed by atoms with Gasteiger partial charge in [-0.2, -0.15) is 0 Å². The van der Waals surface area contributed by atoms with Crippen LogP contribution < -0.4 is 0 Å². The van der Waals surface area contributed by atoms with Crippen molar-refractivity contribution in [3.05, 3.63) is 0 Å². The van der Waals surface area contributed by atoms with Gasteiger partial charge in [0.25, 0.3) is 0 Å². The van der Waals surface area contributed by atoms with Crippen LogP contribution in [0.25, 0.3) is 0 Å². The Hall–Kier alpha value is -0.610. The molecule has 1 saturated heterocycles. The molecule has 4 heteroatoms. The number of methoxy groups -OCH3 is 1. The Kier molecular flexibility index (Phi) is 8.01. The van der Waals surface area contributed by atoms with Gasteiger partial charge in [0.1, 0.15) is 0 Å². The van der Waals surface area contributed by atoms with E-state index < -0.39 is 0 Å². The van der Waals surface area contributed by atoms with Crippen LogP contribution in [-0.2, 0) is 9.53 Å². The molecule has 0 atom stereocenters. The van der Waals surface area contributed by atoms with Crippen molar-refractivity contribution in [1.29, 1.82) is 0 Å². The topological polar surface area (TPSA) is 32.8 Å². The Morgan fingerprint density at radius 2 is 1.83 bits per heavy atom. The summed E-state index contributed by atoms with van der Waals surface area (Å²) in [7, 11) is 1.73. The summed E-state index contributed by atoms with van der Waals surface area (Å²) in [5.74, 6) is 0.345. The fourth-order valence-corrected chi connectivity index (χ4v) is 2.30. The fourth-order valence-electron chi connectivity index (χ4n) is 2.30. The number of hydrogen-bond donors (Lipinski definition) is 0. The van der Waals surface area contributed by atoms with E-state index in [2.05, 4.69) is 11.8 Å². The predicted octanol–water partition coefficient (Wildman–Crippen LogP) is 1.75. The Labute approximate surface area is 111 Å². The lowest BCUT2D eigenvalue weighted by Crippen LogP contribution is -2.49. The minimum atomic E-state index is 0.345. The third kappa shape index (κ3) is 5.83. The van der Waals surface area contributed by atoms with Crippen LogP contribution in [0.3, 0.4) is 0 Å². The molecule has 0 radical (unpaired) electrons. The van der Waals surface area contributed by atoms with Crippen molar-refractivity contribution >= 4 is 5.91 Å². The van der Waals surface area contributed by atoms with Crippen molar-refractivity contribution in [1.82, 2.24) is 9.80 Å². The van der Waals surface area contributed by atoms with E-state index in [0.717, 1.165) is 52.2 Å². The van der Waals surface area contributed by atoms with E-state index in [1.165, 1.54) is 19.3 Å². The zero-order valence-corrected chi connectivity index (χ0v) is 12.0. The van der Waals surface area contributed by atoms with Crippen LogP contribution in [0.2, 0.25) is 0 Å². The van der Waals surface area contributed by atoms with Crippen molar-refractivity contribution < 1.29 is 9.53 Å². The molecule has 1 heterocycles. The lowest BCUT2D eigenvalue weighted by atomic mass is 10.1. The van der Waals surface area contributed by atoms with Crippen molar-refractivity contribution in [2.24, 2.45) is 0 Å². The lowest BCUT2D eigenvalue weighted by molar-refractivity contribution is -0.133. The van der Waals surface area contributed by atoms with Crippen LogP contribution in [0.4, 0.5) is 0 Å². The summed E-state index contributed by atoms with van der Waals surface area (Å²) in [6, 6.07) is 0. The lowest BCUT2D eigenvalue weighted by Gasteiger charge is -2.34. The molecule has 106 valence electrons. The Morgan fingerprint density at radius 3 is 2.44 bits per heavy atom. The van der Waals surface area contributed by atoms with Crippen LogP contribution in [0.1, 0.15) is 39.0 Å². The zero-order chi connectivity index (χ0) is 13.2. The maximum atomic E-state index is 12.0. The van der Waals surface area contributed by atoms with Gasteiger partial charge in [-0.1, -0.05) is 26.2 Å². The number of amides is 1. The van der Waals surface area contributed by atoms with E-state index in [1.54, 1.807) is 7.11 Å². The quantitative estimate of drug-likeness (QED) is 0.620. The first-order valence-electron chi connectivity index (χ1n) is 7.27. The largest absolute Gasteiger partial charge is 0.383 e. The van der Waals surface area contributed by atoms with Crippen LogP contribution in [0.15, 0.2) is 0 Å². The highest BCUT2D eigenvalue weighted by atomic mass is 16.5. The third-order valence-electron chi connectivity index (χ3n) is 3.58. The summed E-state index contributed by atoms with van der Waals surface area (Å²) in [6.07, 6.45) is 5.45. The van der Waals surface area contributed by atoms with E-state index in [-0.39, 0.29) is 0 Å². The number of carbonyl (C=O) groups is 1. The molecule has 0 unspecified atom stereocenters. The number of hydrogen-bond acceptors (Lipinski definition) is 3. The highest BCUT2D eigenvalue weighted by molar-refractivity contribution is 5.76. The first-order valence-corrected chi connectivity index (χ1v) is 7.27. The molecule has 0 aromatic heterocycles. The van der Waals surface area contributed by atoms with Gasteiger partial charge in [0, 0.05) is 46.3 Å². The van der Waals surface area contributed by atoms with Crippen molar-refractivity contribution in [3.63, 3.8) is 0 Å². The maximum Gasteiger partial charge on any atom is 0.222 e. The van der Waals surface area contributed by atoms with Crippen molar-refractivity contribution in [2.45, 2.75) is 39.0 Å². The minimum absolute atomic E-state index is 0.345. The number of ether oxygens (including phenoxy) is 1. The number of piperazine rings is 1. The Bertz CT molecular complexity index is 226. The summed E-state index contributed by atoms with van der Waals surface area (Å²) in [5, 5.41) is 0. The second-order valence-electron chi connectivity index (χ2n) is 5.03. The summed E-state index contributed by atoms with van der Waals surface area (Å²) in [5.41, 5.74) is 0. The van der Waals surface area contributed by atoms with Gasteiger partial charge in [0.2, 0.25) is 5.91 Å². The molecule has 0 bridgehead atoms. The molecule has 0 aromatic carbocycles. The number of carbonyl (C=O) groups excluding carboxylic acids is 1. The molecule has 0 aromatic rings. The summed E-state index contributed by atoms with van der Waals surface area (Å²) < 4.78 is 5.07. The molecular weight excluding hydrogens is 228 g/mol. The second kappa shape index (κ2) is 9.34. The zero-order valence-electron chi connectivity index (χ0n) is 12.0. The van der Waals surface area contributed by atoms with Gasteiger partial charge in [-0.05, 0) is 6.42 Å². The van der Waals surface area contributed by atoms with E-state index in [1.807, 2.05) is 4.90 Å². The molecule has 0 spiro atoms. The molecule has 0 aliphatic carbocycles. The number of nitrogens with zero attached hydrogens (tertiary/aromatic N) is 2. The highest BCUT2D eigenvalue weighted by Crippen LogP contribution is 2.08. The number of rotatable bonds is 8. The third-order valence-corrected chi connectivity index (χ3v) is 3.58. The Morgan fingerprint density at radius 1 is 1.11 bits per heavy atom. The first kappa shape index (κ1) is 15.4. The van der Waals surface area contributed by atoms with Crippen LogP contribution in [0.5, 0.6) is 0 Å². The number of unbranched alkanes of at least 4 members (excludes halogenated alkanes) is 3. The SMILES string of the molecule is CCCCCCC(=O)N1CCN(CCOC)CC1. The Balaban J connectivity index is 2.11. The molecule has 4 nitrogen and oxygen atoms in total. The molecular formula is C14H28N2O2. The maximum absolute atomic E-state index is 12.0. The van der Waals surface area contributed by atoms with Gasteiger partial charge < -0.3 is 9.64 Å². The summed E-state index contributed by atoms with van der Waals surface area (Å²) in [4.78, 5) is 16.4. The van der Waals surface area contributed by atoms with Crippen molar-refractivity contribution in [2.75, 3.05) is 46.4 Å². The predicted molar refractivity (Wildman–Crippen MR) is 73.7 cm³/mol. The average molecular weight is 256 g/mol.